The number of benzene rings is 3. The quantitative estimate of drug-likeness (QED) is 0.737. The van der Waals surface area contributed by atoms with Crippen molar-refractivity contribution in [2.45, 2.75) is 12.8 Å². The lowest BCUT2D eigenvalue weighted by Crippen LogP contribution is -2.41. The van der Waals surface area contributed by atoms with Crippen LogP contribution in [0, 0.1) is 17.2 Å². The van der Waals surface area contributed by atoms with Crippen LogP contribution in [0.15, 0.2) is 66.7 Å². The average Bonchev–Trinajstić information content (AvgIpc) is 2.79. The van der Waals surface area contributed by atoms with Crippen LogP contribution in [0.2, 0.25) is 0 Å². The van der Waals surface area contributed by atoms with Crippen LogP contribution in [0.5, 0.6) is 0 Å². The molecule has 5 nitrogen and oxygen atoms in total. The number of piperidine rings is 1. The van der Waals surface area contributed by atoms with Crippen molar-refractivity contribution in [2.75, 3.05) is 18.4 Å². The number of likely N-dealkylation sites (tertiary alicyclic amines) is 1. The van der Waals surface area contributed by atoms with Crippen molar-refractivity contribution in [3.63, 3.8) is 0 Å². The summed E-state index contributed by atoms with van der Waals surface area (Å²) >= 11 is 0. The molecular weight excluding hydrogens is 362 g/mol. The van der Waals surface area contributed by atoms with Crippen LogP contribution in [0.25, 0.3) is 10.8 Å². The van der Waals surface area contributed by atoms with Gasteiger partial charge in [0.15, 0.2) is 0 Å². The molecule has 1 N–H and O–H groups in total. The van der Waals surface area contributed by atoms with Crippen molar-refractivity contribution in [2.24, 2.45) is 5.92 Å². The van der Waals surface area contributed by atoms with Crippen molar-refractivity contribution in [1.29, 1.82) is 5.26 Å². The zero-order chi connectivity index (χ0) is 20.2. The van der Waals surface area contributed by atoms with Crippen LogP contribution >= 0.6 is 0 Å². The second-order valence-electron chi connectivity index (χ2n) is 7.27. The molecule has 0 aliphatic carbocycles. The number of rotatable bonds is 3. The monoisotopic (exact) mass is 383 g/mol. The van der Waals surface area contributed by atoms with E-state index in [1.165, 1.54) is 0 Å². The van der Waals surface area contributed by atoms with Gasteiger partial charge in [-0.2, -0.15) is 5.26 Å². The topological polar surface area (TPSA) is 73.2 Å². The van der Waals surface area contributed by atoms with Gasteiger partial charge in [0.05, 0.1) is 11.6 Å². The molecule has 0 bridgehead atoms. The maximum absolute atomic E-state index is 13.0. The van der Waals surface area contributed by atoms with Gasteiger partial charge in [0.25, 0.3) is 5.91 Å². The molecule has 1 aliphatic heterocycles. The Kier molecular flexibility index (Phi) is 5.26. The SMILES string of the molecule is N#Cc1ccc(NC(=O)C2CCN(C(=O)c3cccc4ccccc34)CC2)cc1. The van der Waals surface area contributed by atoms with Crippen molar-refractivity contribution in [1.82, 2.24) is 4.90 Å². The fourth-order valence-electron chi connectivity index (χ4n) is 3.80. The summed E-state index contributed by atoms with van der Waals surface area (Å²) in [5, 5.41) is 13.8. The first-order chi connectivity index (χ1) is 14.2. The lowest BCUT2D eigenvalue weighted by atomic mass is 9.94. The number of carbonyl (C=O) groups is 2. The highest BCUT2D eigenvalue weighted by Gasteiger charge is 2.28. The molecular formula is C24H21N3O2. The highest BCUT2D eigenvalue weighted by atomic mass is 16.2. The third-order valence-electron chi connectivity index (χ3n) is 5.45. The van der Waals surface area contributed by atoms with E-state index in [0.29, 0.717) is 42.7 Å². The molecule has 1 saturated heterocycles. The van der Waals surface area contributed by atoms with E-state index in [9.17, 15) is 9.59 Å². The van der Waals surface area contributed by atoms with E-state index in [2.05, 4.69) is 11.4 Å². The summed E-state index contributed by atoms with van der Waals surface area (Å²) in [6.07, 6.45) is 1.28. The largest absolute Gasteiger partial charge is 0.339 e. The molecule has 29 heavy (non-hydrogen) atoms. The number of nitriles is 1. The normalized spacial score (nSPS) is 14.4. The molecule has 0 spiro atoms. The van der Waals surface area contributed by atoms with E-state index < -0.39 is 0 Å². The zero-order valence-electron chi connectivity index (χ0n) is 16.0. The van der Waals surface area contributed by atoms with Crippen LogP contribution in [-0.2, 0) is 4.79 Å². The minimum absolute atomic E-state index is 0.0211. The number of hydrogen-bond acceptors (Lipinski definition) is 3. The van der Waals surface area contributed by atoms with Crippen molar-refractivity contribution >= 4 is 28.3 Å². The van der Waals surface area contributed by atoms with Crippen molar-refractivity contribution in [3.05, 3.63) is 77.9 Å². The van der Waals surface area contributed by atoms with Crippen LogP contribution in [0.3, 0.4) is 0 Å². The predicted octanol–water partition coefficient (Wildman–Crippen LogP) is 4.20. The third-order valence-corrected chi connectivity index (χ3v) is 5.45. The smallest absolute Gasteiger partial charge is 0.254 e. The predicted molar refractivity (Wildman–Crippen MR) is 112 cm³/mol. The van der Waals surface area contributed by atoms with Gasteiger partial charge in [-0.25, -0.2) is 0 Å². The number of nitrogens with one attached hydrogen (secondary N) is 1. The Balaban J connectivity index is 1.39. The van der Waals surface area contributed by atoms with Crippen LogP contribution in [0.4, 0.5) is 5.69 Å². The molecule has 0 aromatic heterocycles. The summed E-state index contributed by atoms with van der Waals surface area (Å²) in [6.45, 7) is 1.13. The lowest BCUT2D eigenvalue weighted by Gasteiger charge is -2.31. The number of hydrogen-bond donors (Lipinski definition) is 1. The minimum atomic E-state index is -0.123. The molecule has 0 radical (unpaired) electrons. The van der Waals surface area contributed by atoms with Gasteiger partial charge in [0.2, 0.25) is 5.91 Å². The Morgan fingerprint density at radius 1 is 0.931 bits per heavy atom. The first-order valence-corrected chi connectivity index (χ1v) is 9.74. The van der Waals surface area contributed by atoms with E-state index in [1.807, 2.05) is 47.4 Å². The van der Waals surface area contributed by atoms with E-state index >= 15 is 0 Å². The second-order valence-corrected chi connectivity index (χ2v) is 7.27. The maximum Gasteiger partial charge on any atom is 0.254 e. The number of anilines is 1. The summed E-state index contributed by atoms with van der Waals surface area (Å²) < 4.78 is 0. The summed E-state index contributed by atoms with van der Waals surface area (Å²) in [5.74, 6) is -0.137. The number of fused-ring (bicyclic) bond motifs is 1. The van der Waals surface area contributed by atoms with E-state index in [1.54, 1.807) is 24.3 Å². The van der Waals surface area contributed by atoms with Gasteiger partial charge in [-0.05, 0) is 53.9 Å². The molecule has 0 saturated carbocycles. The van der Waals surface area contributed by atoms with Gasteiger partial charge in [0, 0.05) is 30.3 Å². The molecule has 0 atom stereocenters. The van der Waals surface area contributed by atoms with E-state index in [4.69, 9.17) is 5.26 Å². The summed E-state index contributed by atoms with van der Waals surface area (Å²) in [5.41, 5.74) is 1.95. The highest BCUT2D eigenvalue weighted by Crippen LogP contribution is 2.24. The van der Waals surface area contributed by atoms with Gasteiger partial charge >= 0.3 is 0 Å². The minimum Gasteiger partial charge on any atom is -0.339 e. The van der Waals surface area contributed by atoms with Gasteiger partial charge in [-0.3, -0.25) is 9.59 Å². The number of nitrogens with zero attached hydrogens (tertiary/aromatic N) is 2. The lowest BCUT2D eigenvalue weighted by molar-refractivity contribution is -0.121. The molecule has 3 aromatic carbocycles. The Morgan fingerprint density at radius 3 is 2.34 bits per heavy atom. The van der Waals surface area contributed by atoms with Crippen LogP contribution < -0.4 is 5.32 Å². The summed E-state index contributed by atoms with van der Waals surface area (Å²) in [6, 6.07) is 22.6. The molecule has 3 aromatic rings. The first kappa shape index (κ1) is 18.7. The Hall–Kier alpha value is -3.65. The van der Waals surface area contributed by atoms with Crippen LogP contribution in [-0.4, -0.2) is 29.8 Å². The average molecular weight is 383 g/mol. The molecule has 1 heterocycles. The van der Waals surface area contributed by atoms with Gasteiger partial charge in [-0.15, -0.1) is 0 Å². The van der Waals surface area contributed by atoms with E-state index in [-0.39, 0.29) is 17.7 Å². The first-order valence-electron chi connectivity index (χ1n) is 9.74. The second kappa shape index (κ2) is 8.15. The molecule has 144 valence electrons. The third kappa shape index (κ3) is 3.97. The molecule has 1 aliphatic rings. The fourth-order valence-corrected chi connectivity index (χ4v) is 3.80. The van der Waals surface area contributed by atoms with Gasteiger partial charge in [0.1, 0.15) is 0 Å². The van der Waals surface area contributed by atoms with Gasteiger partial charge in [-0.1, -0.05) is 36.4 Å². The van der Waals surface area contributed by atoms with Crippen molar-refractivity contribution < 1.29 is 9.59 Å². The Labute approximate surface area is 169 Å². The number of amides is 2. The maximum atomic E-state index is 13.0. The Bertz CT molecular complexity index is 1090. The fraction of sp³-hybridized carbons (Fsp3) is 0.208. The van der Waals surface area contributed by atoms with Crippen molar-refractivity contribution in [3.8, 4) is 6.07 Å². The molecule has 2 amide bonds. The van der Waals surface area contributed by atoms with Gasteiger partial charge < -0.3 is 10.2 Å². The standard InChI is InChI=1S/C24H21N3O2/c25-16-17-8-10-20(11-9-17)26-23(28)19-12-14-27(15-13-19)24(29)22-7-3-5-18-4-1-2-6-21(18)22/h1-11,19H,12-15H2,(H,26,28). The summed E-state index contributed by atoms with van der Waals surface area (Å²) in [7, 11) is 0. The Morgan fingerprint density at radius 2 is 1.62 bits per heavy atom. The number of carbonyl (C=O) groups excluding carboxylic acids is 2. The molecule has 5 heteroatoms. The molecule has 4 rings (SSSR count). The highest BCUT2D eigenvalue weighted by molar-refractivity contribution is 6.07. The molecule has 1 fully saturated rings. The summed E-state index contributed by atoms with van der Waals surface area (Å²) in [4.78, 5) is 27.4. The molecule has 0 unspecified atom stereocenters. The van der Waals surface area contributed by atoms with E-state index in [0.717, 1.165) is 10.8 Å². The zero-order valence-corrected chi connectivity index (χ0v) is 16.0. The van der Waals surface area contributed by atoms with Crippen LogP contribution in [0.1, 0.15) is 28.8 Å².